The number of hydrogen-bond donors (Lipinski definition) is 4. The third-order valence-electron chi connectivity index (χ3n) is 5.31. The van der Waals surface area contributed by atoms with Gasteiger partial charge in [0.15, 0.2) is 17.2 Å². The van der Waals surface area contributed by atoms with E-state index in [0.29, 0.717) is 5.56 Å². The van der Waals surface area contributed by atoms with Crippen molar-refractivity contribution >= 4 is 0 Å². The quantitative estimate of drug-likeness (QED) is 0.492. The summed E-state index contributed by atoms with van der Waals surface area (Å²) in [5.41, 5.74) is 3.78. The van der Waals surface area contributed by atoms with Gasteiger partial charge in [-0.2, -0.15) is 0 Å². The van der Waals surface area contributed by atoms with E-state index in [1.807, 2.05) is 31.2 Å². The lowest BCUT2D eigenvalue weighted by Gasteiger charge is -2.27. The molecule has 4 N–H and O–H groups in total. The minimum absolute atomic E-state index is 0.0618. The monoisotopic (exact) mass is 364 g/mol. The fraction of sp³-hybridized carbons (Fsp3) is 0.217. The normalized spacial score (nSPS) is 12.7. The molecule has 4 heteroatoms. The molecule has 0 saturated heterocycles. The van der Waals surface area contributed by atoms with Gasteiger partial charge in [0.05, 0.1) is 0 Å². The molecule has 0 aliphatic rings. The second kappa shape index (κ2) is 6.88. The zero-order valence-electron chi connectivity index (χ0n) is 15.6. The average molecular weight is 364 g/mol. The summed E-state index contributed by atoms with van der Waals surface area (Å²) in [6.45, 7) is 6.24. The molecule has 1 unspecified atom stereocenters. The molecule has 3 rings (SSSR count). The average Bonchev–Trinajstić information content (AvgIpc) is 2.65. The molecule has 0 aliphatic carbocycles. The first kappa shape index (κ1) is 18.6. The highest BCUT2D eigenvalue weighted by atomic mass is 16.3. The van der Waals surface area contributed by atoms with Crippen LogP contribution in [-0.4, -0.2) is 20.4 Å². The van der Waals surface area contributed by atoms with E-state index >= 15 is 0 Å². The van der Waals surface area contributed by atoms with E-state index in [1.54, 1.807) is 12.1 Å². The van der Waals surface area contributed by atoms with Gasteiger partial charge in [0.25, 0.3) is 0 Å². The van der Waals surface area contributed by atoms with Crippen LogP contribution >= 0.6 is 0 Å². The van der Waals surface area contributed by atoms with Crippen LogP contribution in [-0.2, 0) is 5.41 Å². The van der Waals surface area contributed by atoms with Crippen LogP contribution in [0.5, 0.6) is 23.0 Å². The lowest BCUT2D eigenvalue weighted by atomic mass is 9.77. The van der Waals surface area contributed by atoms with E-state index in [2.05, 4.69) is 26.0 Å². The number of phenols is 4. The van der Waals surface area contributed by atoms with Crippen LogP contribution in [0.1, 0.15) is 48.9 Å². The molecule has 0 saturated carbocycles. The van der Waals surface area contributed by atoms with Crippen molar-refractivity contribution in [3.63, 3.8) is 0 Å². The molecule has 0 spiro atoms. The predicted molar refractivity (Wildman–Crippen MR) is 106 cm³/mol. The lowest BCUT2D eigenvalue weighted by molar-refractivity contribution is 0.367. The van der Waals surface area contributed by atoms with Gasteiger partial charge < -0.3 is 20.4 Å². The van der Waals surface area contributed by atoms with Gasteiger partial charge in [-0.3, -0.25) is 0 Å². The molecule has 27 heavy (non-hydrogen) atoms. The summed E-state index contributed by atoms with van der Waals surface area (Å²) in [5.74, 6) is -0.979. The Labute approximate surface area is 159 Å². The Hall–Kier alpha value is -3.14. The van der Waals surface area contributed by atoms with Crippen molar-refractivity contribution in [2.75, 3.05) is 0 Å². The Morgan fingerprint density at radius 3 is 1.59 bits per heavy atom. The smallest absolute Gasteiger partial charge is 0.200 e. The van der Waals surface area contributed by atoms with Crippen LogP contribution in [0.15, 0.2) is 60.7 Å². The Bertz CT molecular complexity index is 918. The van der Waals surface area contributed by atoms with Crippen molar-refractivity contribution in [2.45, 2.75) is 32.1 Å². The maximum Gasteiger partial charge on any atom is 0.200 e. The molecule has 0 radical (unpaired) electrons. The second-order valence-electron chi connectivity index (χ2n) is 7.42. The van der Waals surface area contributed by atoms with Gasteiger partial charge in [0, 0.05) is 11.3 Å². The number of aromatic hydroxyl groups is 4. The van der Waals surface area contributed by atoms with Gasteiger partial charge in [-0.15, -0.1) is 0 Å². The predicted octanol–water partition coefficient (Wildman–Crippen LogP) is 4.99. The molecule has 0 fully saturated rings. The van der Waals surface area contributed by atoms with Gasteiger partial charge in [-0.05, 0) is 46.5 Å². The van der Waals surface area contributed by atoms with E-state index in [9.17, 15) is 20.4 Å². The van der Waals surface area contributed by atoms with Crippen LogP contribution in [0.2, 0.25) is 0 Å². The molecule has 4 nitrogen and oxygen atoms in total. The minimum Gasteiger partial charge on any atom is -0.508 e. The van der Waals surface area contributed by atoms with E-state index < -0.39 is 5.75 Å². The van der Waals surface area contributed by atoms with Crippen molar-refractivity contribution < 1.29 is 20.4 Å². The van der Waals surface area contributed by atoms with Crippen LogP contribution in [0.25, 0.3) is 0 Å². The number of phenolic OH excluding ortho intramolecular Hbond substituents is 4. The van der Waals surface area contributed by atoms with Crippen molar-refractivity contribution in [3.05, 3.63) is 82.9 Å². The molecule has 3 aromatic carbocycles. The van der Waals surface area contributed by atoms with Gasteiger partial charge in [-0.1, -0.05) is 57.2 Å². The molecule has 0 aromatic heterocycles. The van der Waals surface area contributed by atoms with Crippen molar-refractivity contribution in [2.24, 2.45) is 0 Å². The van der Waals surface area contributed by atoms with Crippen molar-refractivity contribution in [1.82, 2.24) is 0 Å². The molecule has 1 atom stereocenters. The third kappa shape index (κ3) is 3.56. The van der Waals surface area contributed by atoms with E-state index in [1.165, 1.54) is 12.1 Å². The third-order valence-corrected chi connectivity index (χ3v) is 5.31. The fourth-order valence-corrected chi connectivity index (χ4v) is 3.30. The van der Waals surface area contributed by atoms with Crippen molar-refractivity contribution in [1.29, 1.82) is 0 Å². The standard InChI is InChI=1S/C23H24O4/c1-14(16-12-20(25)22(27)21(26)13-16)15-4-6-17(7-5-15)23(2,3)18-8-10-19(24)11-9-18/h4-14,24-27H,1-3H3. The molecule has 0 amide bonds. The summed E-state index contributed by atoms with van der Waals surface area (Å²) in [6, 6.07) is 18.4. The second-order valence-corrected chi connectivity index (χ2v) is 7.42. The Kier molecular flexibility index (Phi) is 4.75. The molecular formula is C23H24O4. The summed E-state index contributed by atoms with van der Waals surface area (Å²) in [4.78, 5) is 0. The molecule has 140 valence electrons. The maximum absolute atomic E-state index is 9.75. The maximum atomic E-state index is 9.75. The van der Waals surface area contributed by atoms with Crippen LogP contribution in [0.4, 0.5) is 0 Å². The number of hydrogen-bond acceptors (Lipinski definition) is 4. The molecule has 0 bridgehead atoms. The fourth-order valence-electron chi connectivity index (χ4n) is 3.30. The van der Waals surface area contributed by atoms with Crippen LogP contribution < -0.4 is 0 Å². The van der Waals surface area contributed by atoms with Gasteiger partial charge >= 0.3 is 0 Å². The van der Waals surface area contributed by atoms with E-state index in [4.69, 9.17) is 0 Å². The number of benzene rings is 3. The van der Waals surface area contributed by atoms with Crippen LogP contribution in [0, 0.1) is 0 Å². The summed E-state index contributed by atoms with van der Waals surface area (Å²) in [7, 11) is 0. The SMILES string of the molecule is CC(c1ccc(C(C)(C)c2ccc(O)cc2)cc1)c1cc(O)c(O)c(O)c1. The highest BCUT2D eigenvalue weighted by Crippen LogP contribution is 2.39. The topological polar surface area (TPSA) is 80.9 Å². The van der Waals surface area contributed by atoms with E-state index in [-0.39, 0.29) is 28.6 Å². The molecule has 3 aromatic rings. The van der Waals surface area contributed by atoms with Crippen molar-refractivity contribution in [3.8, 4) is 23.0 Å². The summed E-state index contributed by atoms with van der Waals surface area (Å²) in [6.07, 6.45) is 0. The first-order valence-corrected chi connectivity index (χ1v) is 8.85. The molecular weight excluding hydrogens is 340 g/mol. The summed E-state index contributed by atoms with van der Waals surface area (Å²) >= 11 is 0. The lowest BCUT2D eigenvalue weighted by Crippen LogP contribution is -2.18. The Morgan fingerprint density at radius 1 is 0.667 bits per heavy atom. The first-order valence-electron chi connectivity index (χ1n) is 8.85. The largest absolute Gasteiger partial charge is 0.508 e. The van der Waals surface area contributed by atoms with Crippen LogP contribution in [0.3, 0.4) is 0 Å². The minimum atomic E-state index is -0.503. The summed E-state index contributed by atoms with van der Waals surface area (Å²) in [5, 5.41) is 38.5. The van der Waals surface area contributed by atoms with Gasteiger partial charge in [0.1, 0.15) is 5.75 Å². The molecule has 0 aliphatic heterocycles. The Balaban J connectivity index is 1.89. The highest BCUT2D eigenvalue weighted by Gasteiger charge is 2.23. The zero-order chi connectivity index (χ0) is 19.8. The summed E-state index contributed by atoms with van der Waals surface area (Å²) < 4.78 is 0. The van der Waals surface area contributed by atoms with Gasteiger partial charge in [-0.25, -0.2) is 0 Å². The molecule has 0 heterocycles. The zero-order valence-corrected chi connectivity index (χ0v) is 15.6. The highest BCUT2D eigenvalue weighted by molar-refractivity contribution is 5.53. The van der Waals surface area contributed by atoms with E-state index in [0.717, 1.165) is 16.7 Å². The first-order chi connectivity index (χ1) is 12.7. The number of rotatable bonds is 4. The Morgan fingerprint density at radius 2 is 1.11 bits per heavy atom. The van der Waals surface area contributed by atoms with Gasteiger partial charge in [0.2, 0.25) is 0 Å².